The number of amides is 1. The number of rotatable bonds is 10. The lowest BCUT2D eigenvalue weighted by atomic mass is 9.96. The number of nitrogens with zero attached hydrogens (tertiary/aromatic N) is 3. The van der Waals surface area contributed by atoms with Crippen molar-refractivity contribution in [1.82, 2.24) is 14.7 Å². The molecule has 3 rings (SSSR count). The topological polar surface area (TPSA) is 36.0 Å². The maximum absolute atomic E-state index is 12.7. The maximum Gasteiger partial charge on any atom is 0.236 e. The summed E-state index contributed by atoms with van der Waals surface area (Å²) in [5, 5.41) is 0. The smallest absolute Gasteiger partial charge is 0.236 e. The highest BCUT2D eigenvalue weighted by atomic mass is 16.5. The molecule has 0 bridgehead atoms. The number of hydrogen-bond acceptors (Lipinski definition) is 4. The average Bonchev–Trinajstić information content (AvgIpc) is 2.77. The first kappa shape index (κ1) is 23.3. The minimum atomic E-state index is 0.188. The number of carbonyl (C=O) groups is 1. The summed E-state index contributed by atoms with van der Waals surface area (Å²) in [6.45, 7) is 7.92. The lowest BCUT2D eigenvalue weighted by molar-refractivity contribution is -0.132. The molecule has 168 valence electrons. The van der Waals surface area contributed by atoms with E-state index in [1.54, 1.807) is 0 Å². The highest BCUT2D eigenvalue weighted by Crippen LogP contribution is 2.19. The molecule has 2 aromatic carbocycles. The minimum absolute atomic E-state index is 0.188. The van der Waals surface area contributed by atoms with E-state index in [9.17, 15) is 4.79 Å². The monoisotopic (exact) mass is 423 g/mol. The number of piperidine rings is 1. The Hall–Kier alpha value is -2.37. The Kier molecular flexibility index (Phi) is 8.92. The van der Waals surface area contributed by atoms with Crippen molar-refractivity contribution in [2.24, 2.45) is 5.92 Å². The van der Waals surface area contributed by atoms with Crippen molar-refractivity contribution in [2.45, 2.75) is 32.9 Å². The number of hydrogen-bond donors (Lipinski definition) is 0. The van der Waals surface area contributed by atoms with E-state index in [4.69, 9.17) is 4.74 Å². The molecule has 0 aliphatic carbocycles. The molecular weight excluding hydrogens is 386 g/mol. The zero-order chi connectivity index (χ0) is 22.1. The maximum atomic E-state index is 12.7. The van der Waals surface area contributed by atoms with Crippen LogP contribution < -0.4 is 4.74 Å². The van der Waals surface area contributed by atoms with Crippen LogP contribution in [0.3, 0.4) is 0 Å². The van der Waals surface area contributed by atoms with E-state index < -0.39 is 0 Å². The fraction of sp³-hybridized carbons (Fsp3) is 0.500. The predicted octanol–water partition coefficient (Wildman–Crippen LogP) is 3.89. The Balaban J connectivity index is 1.37. The Bertz CT molecular complexity index is 786. The van der Waals surface area contributed by atoms with Crippen LogP contribution in [-0.2, 0) is 17.9 Å². The van der Waals surface area contributed by atoms with E-state index in [2.05, 4.69) is 47.2 Å². The quantitative estimate of drug-likeness (QED) is 0.581. The molecule has 0 radical (unpaired) electrons. The van der Waals surface area contributed by atoms with Crippen molar-refractivity contribution in [3.63, 3.8) is 0 Å². The lowest BCUT2D eigenvalue weighted by Crippen LogP contribution is -2.43. The molecule has 0 unspecified atom stereocenters. The van der Waals surface area contributed by atoms with Gasteiger partial charge in [-0.25, -0.2) is 0 Å². The predicted molar refractivity (Wildman–Crippen MR) is 126 cm³/mol. The van der Waals surface area contributed by atoms with Crippen molar-refractivity contribution in [1.29, 1.82) is 0 Å². The molecular formula is C26H37N3O2. The van der Waals surface area contributed by atoms with Crippen LogP contribution in [0.1, 0.15) is 30.9 Å². The molecule has 1 saturated heterocycles. The van der Waals surface area contributed by atoms with Gasteiger partial charge in [-0.05, 0) is 69.1 Å². The number of carbonyl (C=O) groups excluding carboxylic acids is 1. The number of benzene rings is 2. The zero-order valence-corrected chi connectivity index (χ0v) is 19.3. The number of likely N-dealkylation sites (tertiary alicyclic amines) is 1. The minimum Gasteiger partial charge on any atom is -0.494 e. The van der Waals surface area contributed by atoms with Gasteiger partial charge in [0.1, 0.15) is 5.75 Å². The van der Waals surface area contributed by atoms with Crippen LogP contribution in [-0.4, -0.2) is 67.5 Å². The Morgan fingerprint density at radius 2 is 1.61 bits per heavy atom. The van der Waals surface area contributed by atoms with Gasteiger partial charge in [-0.2, -0.15) is 0 Å². The second-order valence-corrected chi connectivity index (χ2v) is 8.73. The van der Waals surface area contributed by atoms with Gasteiger partial charge in [0.05, 0.1) is 13.2 Å². The summed E-state index contributed by atoms with van der Waals surface area (Å²) < 4.78 is 5.49. The molecule has 1 aliphatic heterocycles. The second kappa shape index (κ2) is 11.9. The molecule has 0 aromatic heterocycles. The van der Waals surface area contributed by atoms with Gasteiger partial charge in [-0.1, -0.05) is 42.5 Å². The fourth-order valence-corrected chi connectivity index (χ4v) is 4.26. The van der Waals surface area contributed by atoms with Gasteiger partial charge in [0, 0.05) is 26.7 Å². The second-order valence-electron chi connectivity index (χ2n) is 8.73. The normalized spacial score (nSPS) is 15.2. The van der Waals surface area contributed by atoms with Gasteiger partial charge in [-0.15, -0.1) is 0 Å². The van der Waals surface area contributed by atoms with Crippen molar-refractivity contribution >= 4 is 5.91 Å². The molecule has 31 heavy (non-hydrogen) atoms. The van der Waals surface area contributed by atoms with Gasteiger partial charge in [-0.3, -0.25) is 9.69 Å². The van der Waals surface area contributed by atoms with Crippen molar-refractivity contribution in [3.05, 3.63) is 65.7 Å². The summed E-state index contributed by atoms with van der Waals surface area (Å²) in [6.07, 6.45) is 2.32. The van der Waals surface area contributed by atoms with E-state index in [1.165, 1.54) is 5.56 Å². The van der Waals surface area contributed by atoms with Gasteiger partial charge in [0.2, 0.25) is 5.91 Å². The summed E-state index contributed by atoms with van der Waals surface area (Å²) in [5.41, 5.74) is 2.49. The molecule has 5 nitrogen and oxygen atoms in total. The molecule has 1 aliphatic rings. The van der Waals surface area contributed by atoms with E-state index in [-0.39, 0.29) is 5.91 Å². The first-order valence-electron chi connectivity index (χ1n) is 11.4. The summed E-state index contributed by atoms with van der Waals surface area (Å²) in [4.78, 5) is 19.3. The van der Waals surface area contributed by atoms with Crippen molar-refractivity contribution < 1.29 is 9.53 Å². The average molecular weight is 424 g/mol. The Morgan fingerprint density at radius 1 is 0.968 bits per heavy atom. The fourth-order valence-electron chi connectivity index (χ4n) is 4.26. The van der Waals surface area contributed by atoms with Crippen molar-refractivity contribution in [3.8, 4) is 5.75 Å². The lowest BCUT2D eigenvalue weighted by Gasteiger charge is -2.34. The zero-order valence-electron chi connectivity index (χ0n) is 19.3. The Labute approximate surface area is 187 Å². The van der Waals surface area contributed by atoms with E-state index in [0.29, 0.717) is 25.6 Å². The largest absolute Gasteiger partial charge is 0.494 e. The van der Waals surface area contributed by atoms with E-state index in [0.717, 1.165) is 50.3 Å². The highest BCUT2D eigenvalue weighted by molar-refractivity contribution is 5.78. The van der Waals surface area contributed by atoms with Gasteiger partial charge in [0.25, 0.3) is 0 Å². The molecule has 1 fully saturated rings. The van der Waals surface area contributed by atoms with Gasteiger partial charge in [0.15, 0.2) is 0 Å². The van der Waals surface area contributed by atoms with E-state index >= 15 is 0 Å². The first-order chi connectivity index (χ1) is 15.0. The molecule has 0 saturated carbocycles. The molecule has 0 N–H and O–H groups in total. The SMILES string of the molecule is CCOc1ccc(CN(C)C(=O)CN2CCC(CN(C)Cc3ccccc3)CC2)cc1. The third kappa shape index (κ3) is 7.67. The first-order valence-corrected chi connectivity index (χ1v) is 11.4. The third-order valence-corrected chi connectivity index (χ3v) is 6.01. The highest BCUT2D eigenvalue weighted by Gasteiger charge is 2.23. The molecule has 0 atom stereocenters. The van der Waals surface area contributed by atoms with Crippen LogP contribution in [0.2, 0.25) is 0 Å². The summed E-state index contributed by atoms with van der Waals surface area (Å²) in [6, 6.07) is 18.7. The van der Waals surface area contributed by atoms with Crippen LogP contribution in [0.15, 0.2) is 54.6 Å². The number of ether oxygens (including phenoxy) is 1. The van der Waals surface area contributed by atoms with Crippen LogP contribution in [0.25, 0.3) is 0 Å². The summed E-state index contributed by atoms with van der Waals surface area (Å²) in [7, 11) is 4.10. The molecule has 5 heteroatoms. The Morgan fingerprint density at radius 3 is 2.26 bits per heavy atom. The van der Waals surface area contributed by atoms with Crippen LogP contribution >= 0.6 is 0 Å². The molecule has 2 aromatic rings. The number of likely N-dealkylation sites (N-methyl/N-ethyl adjacent to an activating group) is 1. The molecule has 1 heterocycles. The third-order valence-electron chi connectivity index (χ3n) is 6.01. The summed E-state index contributed by atoms with van der Waals surface area (Å²) in [5.74, 6) is 1.77. The van der Waals surface area contributed by atoms with Gasteiger partial charge >= 0.3 is 0 Å². The van der Waals surface area contributed by atoms with Crippen LogP contribution in [0, 0.1) is 5.92 Å². The molecule has 1 amide bonds. The van der Waals surface area contributed by atoms with E-state index in [1.807, 2.05) is 43.1 Å². The summed E-state index contributed by atoms with van der Waals surface area (Å²) >= 11 is 0. The standard InChI is InChI=1S/C26H37N3O2/c1-4-31-25-12-10-23(11-13-25)20-28(3)26(30)21-29-16-14-24(15-17-29)19-27(2)18-22-8-6-5-7-9-22/h5-13,24H,4,14-21H2,1-3H3. The molecule has 0 spiro atoms. The van der Waals surface area contributed by atoms with Crippen LogP contribution in [0.5, 0.6) is 5.75 Å². The van der Waals surface area contributed by atoms with Gasteiger partial charge < -0.3 is 14.5 Å². The van der Waals surface area contributed by atoms with Crippen molar-refractivity contribution in [2.75, 3.05) is 46.9 Å². The van der Waals surface area contributed by atoms with Crippen LogP contribution in [0.4, 0.5) is 0 Å².